The number of rotatable bonds is 10. The largest absolute Gasteiger partial charge is 0.102 e. The van der Waals surface area contributed by atoms with E-state index in [1.807, 2.05) is 0 Å². The van der Waals surface area contributed by atoms with Gasteiger partial charge in [-0.2, -0.15) is 22.0 Å². The molecular weight excluding hydrogens is 1070 g/mol. The minimum atomic E-state index is -3.73. The summed E-state index contributed by atoms with van der Waals surface area (Å²) in [5, 5.41) is 20.0. The zero-order valence-corrected chi connectivity index (χ0v) is 41.1. The van der Waals surface area contributed by atoms with Crippen LogP contribution in [0.25, 0.3) is 5.65 Å². The molecule has 0 atom stereocenters. The zero-order chi connectivity index (χ0) is 44.4. The molecule has 0 unspecified atom stereocenters. The van der Waals surface area contributed by atoms with Crippen molar-refractivity contribution < 1.29 is 30.5 Å². The molecule has 0 N–H and O–H groups in total. The SMILES string of the molecule is O=[N+]([O-])c1c(CS(=O)(=O)c2ccccc2)nc2[c-]cc(Br)cn12.[Br][Pd+].c1ccc([PH+](c2ccccc2)c2ccccc2)cc1.c1ccc([PH+](c2ccccc2)c2ccccc2)cc1. The molecule has 0 aliphatic rings. The summed E-state index contributed by atoms with van der Waals surface area (Å²) in [6, 6.07) is 77.1. The van der Waals surface area contributed by atoms with Gasteiger partial charge in [0, 0.05) is 6.20 Å². The van der Waals surface area contributed by atoms with Gasteiger partial charge in [0.1, 0.15) is 43.2 Å². The van der Waals surface area contributed by atoms with E-state index >= 15 is 0 Å². The van der Waals surface area contributed by atoms with E-state index in [0.29, 0.717) is 4.47 Å². The van der Waals surface area contributed by atoms with Gasteiger partial charge in [0.2, 0.25) is 0 Å². The molecule has 0 aliphatic heterocycles. The fourth-order valence-corrected chi connectivity index (χ4v) is 13.6. The van der Waals surface area contributed by atoms with Gasteiger partial charge in [0.25, 0.3) is 0 Å². The van der Waals surface area contributed by atoms with Gasteiger partial charge in [-0.1, -0.05) is 132 Å². The molecule has 0 saturated carbocycles. The second kappa shape index (κ2) is 24.2. The summed E-state index contributed by atoms with van der Waals surface area (Å²) in [6.45, 7) is 0. The van der Waals surface area contributed by atoms with Crippen LogP contribution in [0.4, 0.5) is 5.82 Å². The van der Waals surface area contributed by atoms with Gasteiger partial charge in [-0.3, -0.25) is 0 Å². The third kappa shape index (κ3) is 13.1. The minimum absolute atomic E-state index is 0.0940. The number of pyridine rings is 1. The maximum absolute atomic E-state index is 12.4. The first-order valence-corrected chi connectivity index (χ1v) is 28.5. The predicted octanol–water partition coefficient (Wildman–Crippen LogP) is 9.98. The number of fused-ring (bicyclic) bond motifs is 1. The number of hydrogen-bond donors (Lipinski definition) is 0. The molecule has 0 amide bonds. The molecule has 9 rings (SSSR count). The first-order chi connectivity index (χ1) is 30.8. The Balaban J connectivity index is 0.000000155. The van der Waals surface area contributed by atoms with E-state index in [9.17, 15) is 18.5 Å². The van der Waals surface area contributed by atoms with Crippen molar-refractivity contribution in [2.24, 2.45) is 0 Å². The number of imidazole rings is 1. The molecule has 0 radical (unpaired) electrons. The monoisotopic (exact) mass is 1100 g/mol. The Labute approximate surface area is 396 Å². The van der Waals surface area contributed by atoms with E-state index in [2.05, 4.69) is 240 Å². The van der Waals surface area contributed by atoms with Crippen LogP contribution in [0.15, 0.2) is 234 Å². The van der Waals surface area contributed by atoms with Crippen LogP contribution in [-0.4, -0.2) is 22.7 Å². The van der Waals surface area contributed by atoms with Crippen LogP contribution < -0.4 is 31.8 Å². The molecule has 0 bridgehead atoms. The average Bonchev–Trinajstić information content (AvgIpc) is 3.69. The summed E-state index contributed by atoms with van der Waals surface area (Å²) in [7, 11) is -5.49. The Kier molecular flexibility index (Phi) is 18.3. The van der Waals surface area contributed by atoms with Crippen LogP contribution in [0.5, 0.6) is 0 Å². The van der Waals surface area contributed by atoms with Crippen LogP contribution >= 0.6 is 45.2 Å². The van der Waals surface area contributed by atoms with Crippen molar-refractivity contribution in [1.82, 2.24) is 9.38 Å². The Morgan fingerprint density at radius 1 is 0.556 bits per heavy atom. The number of sulfone groups is 1. The number of aromatic nitrogens is 2. The fourth-order valence-electron chi connectivity index (χ4n) is 6.80. The van der Waals surface area contributed by atoms with Crippen LogP contribution in [0.2, 0.25) is 0 Å². The van der Waals surface area contributed by atoms with Crippen LogP contribution in [-0.2, 0) is 32.8 Å². The fraction of sp³-hybridized carbons (Fsp3) is 0.0200. The standard InChI is InChI=1S/2C18H15P.C14H9BrN3O4S.BrH.Pd/c2*1-4-10-16(11-5-1)19(17-12-6-2-7-13-17)18-14-8-3-9-15-18;15-10-6-7-13-16-12(14(18(19)20)17(13)8-10)9-23(21,22)11-4-2-1-3-5-11;;/h2*1-15H;1-6,8H,9H2;1H;/q;;-1;;+2/p+1. The summed E-state index contributed by atoms with van der Waals surface area (Å²) in [5.74, 6) is -0.933. The predicted molar refractivity (Wildman–Crippen MR) is 268 cm³/mol. The number of hydrogen-bond acceptors (Lipinski definition) is 5. The molecule has 0 spiro atoms. The number of halogens is 2. The van der Waals surface area contributed by atoms with E-state index in [-0.39, 0.29) is 22.1 Å². The molecule has 9 aromatic rings. The first kappa shape index (κ1) is 47.5. The van der Waals surface area contributed by atoms with Gasteiger partial charge in [-0.05, 0) is 89.9 Å². The summed E-state index contributed by atoms with van der Waals surface area (Å²) >= 11 is 8.55. The van der Waals surface area contributed by atoms with Crippen molar-refractivity contribution in [1.29, 1.82) is 0 Å². The average molecular weight is 1110 g/mol. The maximum Gasteiger partial charge on any atom is 0.102 e. The third-order valence-corrected chi connectivity index (χ3v) is 17.1. The summed E-state index contributed by atoms with van der Waals surface area (Å²) < 4.78 is 26.6. The molecule has 0 saturated heterocycles. The Morgan fingerprint density at radius 2 is 0.857 bits per heavy atom. The zero-order valence-electron chi connectivity index (χ0n) is 33.5. The maximum atomic E-state index is 12.4. The molecule has 13 heteroatoms. The van der Waals surface area contributed by atoms with Crippen molar-refractivity contribution in [2.75, 3.05) is 0 Å². The number of benzene rings is 7. The topological polar surface area (TPSA) is 94.6 Å². The summed E-state index contributed by atoms with van der Waals surface area (Å²) in [5.41, 5.74) is 0.0753. The van der Waals surface area contributed by atoms with Gasteiger partial charge < -0.3 is 10.1 Å². The number of nitrogens with zero attached hydrogens (tertiary/aromatic N) is 3. The minimum Gasteiger partial charge on any atom is -0.0620 e. The van der Waals surface area contributed by atoms with Gasteiger partial charge in [0.15, 0.2) is 15.5 Å². The molecule has 2 aromatic heterocycles. The molecule has 7 aromatic carbocycles. The molecule has 0 fully saturated rings. The van der Waals surface area contributed by atoms with E-state index in [1.165, 1.54) is 54.6 Å². The van der Waals surface area contributed by atoms with E-state index in [4.69, 9.17) is 0 Å². The van der Waals surface area contributed by atoms with Gasteiger partial charge in [-0.15, -0.1) is 0 Å². The summed E-state index contributed by atoms with van der Waals surface area (Å²) in [4.78, 5) is 14.9. The van der Waals surface area contributed by atoms with Crippen molar-refractivity contribution in [3.63, 3.8) is 0 Å². The Bertz CT molecular complexity index is 2590. The second-order valence-electron chi connectivity index (χ2n) is 13.7. The van der Waals surface area contributed by atoms with Crippen molar-refractivity contribution in [2.45, 2.75) is 10.6 Å². The van der Waals surface area contributed by atoms with E-state index in [0.717, 1.165) is 0 Å². The Hall–Kier alpha value is -4.94. The van der Waals surface area contributed by atoms with Gasteiger partial charge in [0.05, 0.1) is 20.7 Å². The summed E-state index contributed by atoms with van der Waals surface area (Å²) in [6.07, 6.45) is 1.45. The molecule has 0 aliphatic carbocycles. The number of nitro groups is 1. The second-order valence-corrected chi connectivity index (χ2v) is 21.5. The molecular formula is C50H41Br2N3O4P2PdS+2. The quantitative estimate of drug-likeness (QED) is 0.0447. The van der Waals surface area contributed by atoms with Crippen molar-refractivity contribution in [3.8, 4) is 0 Å². The van der Waals surface area contributed by atoms with Gasteiger partial charge >= 0.3 is 36.4 Å². The third-order valence-electron chi connectivity index (χ3n) is 9.52. The molecule has 7 nitrogen and oxygen atoms in total. The normalized spacial score (nSPS) is 10.8. The molecule has 318 valence electrons. The first-order valence-electron chi connectivity index (χ1n) is 19.5. The van der Waals surface area contributed by atoms with Crippen LogP contribution in [0.1, 0.15) is 5.69 Å². The molecule has 2 heterocycles. The van der Waals surface area contributed by atoms with Crippen LogP contribution in [0.3, 0.4) is 0 Å². The van der Waals surface area contributed by atoms with Crippen LogP contribution in [0, 0.1) is 16.2 Å². The smallest absolute Gasteiger partial charge is 0.0620 e. The Morgan fingerprint density at radius 3 is 1.16 bits per heavy atom. The molecule has 63 heavy (non-hydrogen) atoms. The van der Waals surface area contributed by atoms with E-state index < -0.39 is 36.4 Å². The van der Waals surface area contributed by atoms with Crippen molar-refractivity contribution in [3.05, 3.63) is 251 Å². The van der Waals surface area contributed by atoms with Crippen molar-refractivity contribution >= 4 is 98.3 Å². The van der Waals surface area contributed by atoms with E-state index in [1.54, 1.807) is 24.3 Å². The van der Waals surface area contributed by atoms with Gasteiger partial charge in [-0.25, -0.2) is 23.9 Å².